The summed E-state index contributed by atoms with van der Waals surface area (Å²) >= 11 is 6.12. The van der Waals surface area contributed by atoms with E-state index in [9.17, 15) is 20.0 Å². The molecule has 0 aliphatic rings. The van der Waals surface area contributed by atoms with Crippen molar-refractivity contribution in [2.75, 3.05) is 7.11 Å². The lowest BCUT2D eigenvalue weighted by atomic mass is 9.70. The first-order valence-electron chi connectivity index (χ1n) is 9.98. The largest absolute Gasteiger partial charge is 0.495 e. The second-order valence-corrected chi connectivity index (χ2v) is 9.02. The quantitative estimate of drug-likeness (QED) is 0.575. The summed E-state index contributed by atoms with van der Waals surface area (Å²) in [5, 5.41) is 24.2. The lowest BCUT2D eigenvalue weighted by molar-refractivity contribution is -0.154. The minimum Gasteiger partial charge on any atom is -0.495 e. The van der Waals surface area contributed by atoms with Crippen molar-refractivity contribution < 1.29 is 19.2 Å². The molecule has 1 unspecified atom stereocenters. The van der Waals surface area contributed by atoms with Crippen LogP contribution in [0.4, 0.5) is 0 Å². The van der Waals surface area contributed by atoms with E-state index >= 15 is 0 Å². The van der Waals surface area contributed by atoms with Crippen molar-refractivity contribution in [3.05, 3.63) is 63.1 Å². The first kappa shape index (κ1) is 24.0. The van der Waals surface area contributed by atoms with Crippen LogP contribution in [0.2, 0.25) is 5.02 Å². The summed E-state index contributed by atoms with van der Waals surface area (Å²) in [6.45, 7) is 6.74. The molecule has 172 valence electrons. The van der Waals surface area contributed by atoms with Gasteiger partial charge >= 0.3 is 5.97 Å². The van der Waals surface area contributed by atoms with E-state index < -0.39 is 22.5 Å². The number of nitrogens with zero attached hydrogens (tertiary/aromatic N) is 4. The Kier molecular flexibility index (Phi) is 6.34. The first-order valence-corrected chi connectivity index (χ1v) is 10.4. The fourth-order valence-corrected chi connectivity index (χ4v) is 4.05. The number of methoxy groups -OCH3 is 1. The zero-order valence-electron chi connectivity index (χ0n) is 18.8. The summed E-state index contributed by atoms with van der Waals surface area (Å²) in [5.41, 5.74) is -2.33. The van der Waals surface area contributed by atoms with Crippen LogP contribution in [0, 0.1) is 23.7 Å². The van der Waals surface area contributed by atoms with Crippen molar-refractivity contribution in [3.63, 3.8) is 0 Å². The SMILES string of the molecule is COc1cn(C(Cc2noc(C)n2)(C(=O)O)C(C)(C)C)c(=O)cc1-c1cc(Cl)ccc1C#N. The number of aryl methyl sites for hydroxylation is 1. The second kappa shape index (κ2) is 8.71. The molecule has 0 bridgehead atoms. The van der Waals surface area contributed by atoms with Crippen LogP contribution in [0.1, 0.15) is 38.0 Å². The van der Waals surface area contributed by atoms with Crippen molar-refractivity contribution in [3.8, 4) is 22.9 Å². The van der Waals surface area contributed by atoms with Crippen LogP contribution < -0.4 is 10.3 Å². The second-order valence-electron chi connectivity index (χ2n) is 8.59. The molecule has 10 heteroatoms. The average Bonchev–Trinajstić information content (AvgIpc) is 3.15. The number of aliphatic carboxylic acids is 1. The highest BCUT2D eigenvalue weighted by molar-refractivity contribution is 6.31. The van der Waals surface area contributed by atoms with Gasteiger partial charge in [0.15, 0.2) is 11.4 Å². The van der Waals surface area contributed by atoms with Gasteiger partial charge in [0.25, 0.3) is 5.56 Å². The minimum atomic E-state index is -1.78. The molecule has 1 aromatic carbocycles. The Balaban J connectivity index is 2.33. The number of hydrogen-bond donors (Lipinski definition) is 1. The Morgan fingerprint density at radius 1 is 1.30 bits per heavy atom. The van der Waals surface area contributed by atoms with Gasteiger partial charge in [0, 0.05) is 35.6 Å². The third-order valence-corrected chi connectivity index (χ3v) is 5.85. The first-order chi connectivity index (χ1) is 15.4. The molecule has 0 saturated heterocycles. The van der Waals surface area contributed by atoms with E-state index in [-0.39, 0.29) is 29.4 Å². The van der Waals surface area contributed by atoms with Gasteiger partial charge in [-0.1, -0.05) is 37.5 Å². The van der Waals surface area contributed by atoms with Crippen LogP contribution in [-0.4, -0.2) is 32.9 Å². The van der Waals surface area contributed by atoms with E-state index in [0.29, 0.717) is 16.1 Å². The Morgan fingerprint density at radius 3 is 2.52 bits per heavy atom. The van der Waals surface area contributed by atoms with Crippen LogP contribution >= 0.6 is 11.6 Å². The van der Waals surface area contributed by atoms with Crippen molar-refractivity contribution in [1.82, 2.24) is 14.7 Å². The van der Waals surface area contributed by atoms with E-state index in [2.05, 4.69) is 16.2 Å². The highest BCUT2D eigenvalue weighted by Gasteiger charge is 2.52. The summed E-state index contributed by atoms with van der Waals surface area (Å²) in [6, 6.07) is 7.98. The van der Waals surface area contributed by atoms with Crippen molar-refractivity contribution in [2.45, 2.75) is 39.7 Å². The average molecular weight is 471 g/mol. The monoisotopic (exact) mass is 470 g/mol. The van der Waals surface area contributed by atoms with Gasteiger partial charge in [0.2, 0.25) is 5.89 Å². The number of benzene rings is 1. The highest BCUT2D eigenvalue weighted by Crippen LogP contribution is 2.41. The third-order valence-electron chi connectivity index (χ3n) is 5.62. The number of carboxylic acids is 1. The van der Waals surface area contributed by atoms with Crippen LogP contribution in [-0.2, 0) is 16.8 Å². The Hall–Kier alpha value is -3.64. The fourth-order valence-electron chi connectivity index (χ4n) is 3.88. The van der Waals surface area contributed by atoms with E-state index in [0.717, 1.165) is 4.57 Å². The molecular formula is C23H23ClN4O5. The molecule has 9 nitrogen and oxygen atoms in total. The van der Waals surface area contributed by atoms with E-state index in [1.165, 1.54) is 25.4 Å². The molecule has 0 aliphatic heterocycles. The number of halogens is 1. The summed E-state index contributed by atoms with van der Waals surface area (Å²) in [7, 11) is 1.40. The molecule has 0 spiro atoms. The molecule has 0 aliphatic carbocycles. The maximum absolute atomic E-state index is 13.4. The van der Waals surface area contributed by atoms with E-state index in [1.807, 2.05) is 0 Å². The normalized spacial score (nSPS) is 13.2. The van der Waals surface area contributed by atoms with Crippen LogP contribution in [0.5, 0.6) is 5.75 Å². The Bertz CT molecular complexity index is 1320. The summed E-state index contributed by atoms with van der Waals surface area (Å²) in [5.74, 6) is -0.604. The lowest BCUT2D eigenvalue weighted by Crippen LogP contribution is -2.57. The number of hydrogen-bond acceptors (Lipinski definition) is 7. The van der Waals surface area contributed by atoms with Gasteiger partial charge in [0.1, 0.15) is 5.75 Å². The number of pyridine rings is 1. The Labute approximate surface area is 195 Å². The molecule has 0 saturated carbocycles. The van der Waals surface area contributed by atoms with Crippen LogP contribution in [0.3, 0.4) is 0 Å². The molecule has 2 heterocycles. The van der Waals surface area contributed by atoms with Gasteiger partial charge in [-0.05, 0) is 23.6 Å². The molecule has 2 aromatic heterocycles. The van der Waals surface area contributed by atoms with Crippen molar-refractivity contribution in [1.29, 1.82) is 5.26 Å². The molecule has 0 radical (unpaired) electrons. The maximum atomic E-state index is 13.4. The number of ether oxygens (including phenoxy) is 1. The summed E-state index contributed by atoms with van der Waals surface area (Å²) in [6.07, 6.45) is 1.14. The van der Waals surface area contributed by atoms with Crippen LogP contribution in [0.15, 0.2) is 39.8 Å². The number of aromatic nitrogens is 3. The summed E-state index contributed by atoms with van der Waals surface area (Å²) < 4.78 is 11.7. The molecule has 0 amide bonds. The topological polar surface area (TPSA) is 131 Å². The third kappa shape index (κ3) is 4.22. The van der Waals surface area contributed by atoms with Gasteiger partial charge in [-0.25, -0.2) is 4.79 Å². The van der Waals surface area contributed by atoms with Crippen molar-refractivity contribution >= 4 is 17.6 Å². The molecule has 3 aromatic rings. The number of rotatable bonds is 6. The van der Waals surface area contributed by atoms with Gasteiger partial charge in [-0.15, -0.1) is 0 Å². The molecule has 0 fully saturated rings. The molecule has 1 atom stereocenters. The summed E-state index contributed by atoms with van der Waals surface area (Å²) in [4.78, 5) is 30.4. The Morgan fingerprint density at radius 2 is 2.00 bits per heavy atom. The van der Waals surface area contributed by atoms with Gasteiger partial charge in [-0.3, -0.25) is 9.36 Å². The lowest BCUT2D eigenvalue weighted by Gasteiger charge is -2.42. The van der Waals surface area contributed by atoms with Gasteiger partial charge in [0.05, 0.1) is 24.9 Å². The van der Waals surface area contributed by atoms with E-state index in [4.69, 9.17) is 20.9 Å². The molecule has 3 rings (SSSR count). The minimum absolute atomic E-state index is 0.154. The van der Waals surface area contributed by atoms with Crippen molar-refractivity contribution in [2.24, 2.45) is 5.41 Å². The zero-order valence-corrected chi connectivity index (χ0v) is 19.6. The van der Waals surface area contributed by atoms with Gasteiger partial charge < -0.3 is 14.4 Å². The number of carbonyl (C=O) groups is 1. The van der Waals surface area contributed by atoms with Crippen LogP contribution in [0.25, 0.3) is 11.1 Å². The number of carboxylic acid groups (broad SMARTS) is 1. The number of nitriles is 1. The predicted octanol–water partition coefficient (Wildman–Crippen LogP) is 3.81. The zero-order chi connectivity index (χ0) is 24.6. The maximum Gasteiger partial charge on any atom is 0.331 e. The predicted molar refractivity (Wildman–Crippen MR) is 120 cm³/mol. The highest BCUT2D eigenvalue weighted by atomic mass is 35.5. The smallest absolute Gasteiger partial charge is 0.331 e. The van der Waals surface area contributed by atoms with Gasteiger partial charge in [-0.2, -0.15) is 10.2 Å². The molecular weight excluding hydrogens is 448 g/mol. The fraction of sp³-hybridized carbons (Fsp3) is 0.348. The molecule has 33 heavy (non-hydrogen) atoms. The standard InChI is InChI=1S/C23H23ClN4O5/c1-13-26-19(27-33-13)10-23(21(30)31,22(2,3)4)28-12-18(32-5)17(9-20(28)29)16-8-15(24)7-6-14(16)11-25/h6-9,12H,10H2,1-5H3,(H,30,31). The van der Waals surface area contributed by atoms with E-state index in [1.54, 1.807) is 39.8 Å². The molecule has 1 N–H and O–H groups in total.